The van der Waals surface area contributed by atoms with E-state index >= 15 is 0 Å². The molecule has 2 unspecified atom stereocenters. The summed E-state index contributed by atoms with van der Waals surface area (Å²) in [7, 11) is -2.56. The van der Waals surface area contributed by atoms with Crippen LogP contribution in [0.2, 0.25) is 6.55 Å². The molecule has 0 saturated carbocycles. The number of aliphatic hydroxyl groups excluding tert-OH is 1. The van der Waals surface area contributed by atoms with E-state index in [1.165, 1.54) is 0 Å². The van der Waals surface area contributed by atoms with Crippen molar-refractivity contribution in [2.24, 2.45) is 0 Å². The minimum Gasteiger partial charge on any atom is -0.393 e. The smallest absolute Gasteiger partial charge is 0.369 e. The van der Waals surface area contributed by atoms with Gasteiger partial charge in [-0.3, -0.25) is 0 Å². The SMILES string of the molecule is CCCO[Si](C)(OCC)C(O)c1ccccc1. The summed E-state index contributed by atoms with van der Waals surface area (Å²) in [5, 5.41) is 10.4. The molecule has 1 aromatic carbocycles. The fourth-order valence-corrected chi connectivity index (χ4v) is 4.11. The van der Waals surface area contributed by atoms with Crippen LogP contribution in [-0.4, -0.2) is 26.9 Å². The van der Waals surface area contributed by atoms with Gasteiger partial charge in [-0.15, -0.1) is 0 Å². The van der Waals surface area contributed by atoms with E-state index in [4.69, 9.17) is 8.85 Å². The number of rotatable bonds is 7. The van der Waals surface area contributed by atoms with Gasteiger partial charge in [0.25, 0.3) is 0 Å². The van der Waals surface area contributed by atoms with Gasteiger partial charge in [-0.2, -0.15) is 0 Å². The first-order chi connectivity index (χ1) is 8.14. The molecule has 1 aromatic rings. The third kappa shape index (κ3) is 3.92. The number of benzene rings is 1. The van der Waals surface area contributed by atoms with Gasteiger partial charge >= 0.3 is 8.56 Å². The molecule has 0 bridgehead atoms. The molecule has 0 heterocycles. The molecule has 17 heavy (non-hydrogen) atoms. The summed E-state index contributed by atoms with van der Waals surface area (Å²) in [6, 6.07) is 9.58. The Bertz CT molecular complexity index is 318. The Morgan fingerprint density at radius 2 is 1.82 bits per heavy atom. The lowest BCUT2D eigenvalue weighted by Gasteiger charge is -2.31. The lowest BCUT2D eigenvalue weighted by Crippen LogP contribution is -2.46. The van der Waals surface area contributed by atoms with Crippen LogP contribution in [0.3, 0.4) is 0 Å². The van der Waals surface area contributed by atoms with Crippen LogP contribution in [0.5, 0.6) is 0 Å². The Labute approximate surface area is 105 Å². The van der Waals surface area contributed by atoms with Crippen molar-refractivity contribution in [1.29, 1.82) is 0 Å². The van der Waals surface area contributed by atoms with Gasteiger partial charge in [0.2, 0.25) is 0 Å². The van der Waals surface area contributed by atoms with Gasteiger partial charge in [-0.25, -0.2) is 0 Å². The molecule has 1 rings (SSSR count). The zero-order valence-corrected chi connectivity index (χ0v) is 11.8. The lowest BCUT2D eigenvalue weighted by molar-refractivity contribution is 0.112. The van der Waals surface area contributed by atoms with Crippen molar-refractivity contribution in [2.75, 3.05) is 13.2 Å². The number of hydrogen-bond acceptors (Lipinski definition) is 3. The summed E-state index contributed by atoms with van der Waals surface area (Å²) in [6.45, 7) is 7.10. The minimum absolute atomic E-state index is 0.566. The largest absolute Gasteiger partial charge is 0.393 e. The fraction of sp³-hybridized carbons (Fsp3) is 0.538. The van der Waals surface area contributed by atoms with Crippen LogP contribution in [0, 0.1) is 0 Å². The first-order valence-electron chi connectivity index (χ1n) is 6.15. The van der Waals surface area contributed by atoms with Crippen molar-refractivity contribution in [2.45, 2.75) is 32.5 Å². The molecule has 4 heteroatoms. The molecule has 2 atom stereocenters. The van der Waals surface area contributed by atoms with Crippen LogP contribution < -0.4 is 0 Å². The Morgan fingerprint density at radius 3 is 2.35 bits per heavy atom. The van der Waals surface area contributed by atoms with Gasteiger partial charge in [0.05, 0.1) is 0 Å². The maximum absolute atomic E-state index is 10.4. The topological polar surface area (TPSA) is 38.7 Å². The highest BCUT2D eigenvalue weighted by Gasteiger charge is 2.41. The van der Waals surface area contributed by atoms with Crippen LogP contribution in [0.25, 0.3) is 0 Å². The standard InChI is InChI=1S/C13H22O3Si/c1-4-11-16-17(3,15-5-2)13(14)12-9-7-6-8-10-12/h6-10,13-14H,4-5,11H2,1-3H3. The minimum atomic E-state index is -2.56. The average Bonchev–Trinajstić information content (AvgIpc) is 2.37. The second-order valence-corrected chi connectivity index (χ2v) is 7.27. The van der Waals surface area contributed by atoms with Crippen molar-refractivity contribution >= 4 is 8.56 Å². The molecule has 1 N–H and O–H groups in total. The van der Waals surface area contributed by atoms with Gasteiger partial charge < -0.3 is 14.0 Å². The third-order valence-electron chi connectivity index (χ3n) is 2.64. The molecule has 0 fully saturated rings. The van der Waals surface area contributed by atoms with Crippen LogP contribution in [0.15, 0.2) is 30.3 Å². The van der Waals surface area contributed by atoms with Gasteiger partial charge in [0, 0.05) is 13.2 Å². The second kappa shape index (κ2) is 6.91. The maximum atomic E-state index is 10.4. The third-order valence-corrected chi connectivity index (χ3v) is 5.60. The summed E-state index contributed by atoms with van der Waals surface area (Å²) in [4.78, 5) is 0. The second-order valence-electron chi connectivity index (χ2n) is 4.11. The van der Waals surface area contributed by atoms with E-state index in [0.717, 1.165) is 12.0 Å². The molecule has 0 spiro atoms. The van der Waals surface area contributed by atoms with E-state index in [1.54, 1.807) is 0 Å². The van der Waals surface area contributed by atoms with E-state index in [2.05, 4.69) is 6.92 Å². The predicted molar refractivity (Wildman–Crippen MR) is 70.9 cm³/mol. The highest BCUT2D eigenvalue weighted by molar-refractivity contribution is 6.67. The van der Waals surface area contributed by atoms with Crippen LogP contribution in [-0.2, 0) is 8.85 Å². The highest BCUT2D eigenvalue weighted by atomic mass is 28.4. The van der Waals surface area contributed by atoms with E-state index < -0.39 is 14.3 Å². The molecular formula is C13H22O3Si. The summed E-state index contributed by atoms with van der Waals surface area (Å²) < 4.78 is 11.5. The number of hydrogen-bond donors (Lipinski definition) is 1. The zero-order valence-electron chi connectivity index (χ0n) is 10.8. The summed E-state index contributed by atoms with van der Waals surface area (Å²) in [5.41, 5.74) is 0.224. The summed E-state index contributed by atoms with van der Waals surface area (Å²) in [5.74, 6) is 0. The molecular weight excluding hydrogens is 232 g/mol. The maximum Gasteiger partial charge on any atom is 0.369 e. The molecule has 0 aliphatic carbocycles. The quantitative estimate of drug-likeness (QED) is 0.760. The zero-order chi connectivity index (χ0) is 12.7. The van der Waals surface area contributed by atoms with E-state index in [9.17, 15) is 5.11 Å². The van der Waals surface area contributed by atoms with Crippen LogP contribution in [0.1, 0.15) is 31.6 Å². The predicted octanol–water partition coefficient (Wildman–Crippen LogP) is 2.79. The average molecular weight is 254 g/mol. The van der Waals surface area contributed by atoms with Crippen molar-refractivity contribution in [3.63, 3.8) is 0 Å². The summed E-state index contributed by atoms with van der Waals surface area (Å²) >= 11 is 0. The van der Waals surface area contributed by atoms with E-state index in [-0.39, 0.29) is 0 Å². The van der Waals surface area contributed by atoms with Gasteiger partial charge in [-0.1, -0.05) is 37.3 Å². The van der Waals surface area contributed by atoms with Crippen molar-refractivity contribution in [3.8, 4) is 0 Å². The molecule has 0 saturated heterocycles. The van der Waals surface area contributed by atoms with Crippen molar-refractivity contribution < 1.29 is 14.0 Å². The monoisotopic (exact) mass is 254 g/mol. The van der Waals surface area contributed by atoms with Gasteiger partial charge in [-0.05, 0) is 25.5 Å². The van der Waals surface area contributed by atoms with E-state index in [0.29, 0.717) is 13.2 Å². The molecule has 96 valence electrons. The van der Waals surface area contributed by atoms with Crippen LogP contribution >= 0.6 is 0 Å². The molecule has 0 aliphatic heterocycles. The Kier molecular flexibility index (Phi) is 5.84. The highest BCUT2D eigenvalue weighted by Crippen LogP contribution is 2.26. The molecule has 3 nitrogen and oxygen atoms in total. The Hall–Kier alpha value is -0.683. The molecule has 0 aliphatic rings. The Balaban J connectivity index is 2.82. The summed E-state index contributed by atoms with van der Waals surface area (Å²) in [6.07, 6.45) is 0.928. The first kappa shape index (κ1) is 14.4. The lowest BCUT2D eigenvalue weighted by atomic mass is 10.2. The molecule has 0 aromatic heterocycles. The van der Waals surface area contributed by atoms with Crippen molar-refractivity contribution in [3.05, 3.63) is 35.9 Å². The van der Waals surface area contributed by atoms with Gasteiger partial charge in [0.1, 0.15) is 5.73 Å². The van der Waals surface area contributed by atoms with E-state index in [1.807, 2.05) is 43.8 Å². The molecule has 0 amide bonds. The van der Waals surface area contributed by atoms with Crippen LogP contribution in [0.4, 0.5) is 0 Å². The van der Waals surface area contributed by atoms with Gasteiger partial charge in [0.15, 0.2) is 0 Å². The normalized spacial score (nSPS) is 16.5. The fourth-order valence-electron chi connectivity index (χ4n) is 1.73. The Morgan fingerprint density at radius 1 is 1.18 bits per heavy atom. The molecule has 0 radical (unpaired) electrons. The van der Waals surface area contributed by atoms with Crippen molar-refractivity contribution in [1.82, 2.24) is 0 Å². The first-order valence-corrected chi connectivity index (χ1v) is 8.54. The number of aliphatic hydroxyl groups is 1.